The van der Waals surface area contributed by atoms with Gasteiger partial charge in [-0.25, -0.2) is 4.98 Å². The van der Waals surface area contributed by atoms with Crippen LogP contribution in [-0.4, -0.2) is 11.6 Å². The molecule has 1 aromatic heterocycles. The summed E-state index contributed by atoms with van der Waals surface area (Å²) in [7, 11) is 0. The van der Waals surface area contributed by atoms with Crippen molar-refractivity contribution in [3.63, 3.8) is 0 Å². The lowest BCUT2D eigenvalue weighted by Crippen LogP contribution is -2.41. The molecule has 0 aliphatic heterocycles. The highest BCUT2D eigenvalue weighted by Crippen LogP contribution is 2.51. The Morgan fingerprint density at radius 3 is 2.27 bits per heavy atom. The Kier molecular flexibility index (Phi) is 5.18. The van der Waals surface area contributed by atoms with Gasteiger partial charge in [0, 0.05) is 6.20 Å². The standard InChI is InChI=1S/C26H26N2OS/c27-19-25(22-9-5-2-6-10-22)13-15-26(16-14-25,29-18-20-11-12-20)24-28-17-23(30-24)21-7-3-1-4-8-21/h1-10,17,20H,11-16,18H2/t25-,26-. The molecule has 3 aromatic rings. The Labute approximate surface area is 182 Å². The molecule has 0 atom stereocenters. The van der Waals surface area contributed by atoms with Crippen molar-refractivity contribution in [1.29, 1.82) is 5.26 Å². The molecule has 3 nitrogen and oxygen atoms in total. The molecule has 0 spiro atoms. The molecule has 0 amide bonds. The molecule has 0 bridgehead atoms. The van der Waals surface area contributed by atoms with Gasteiger partial charge in [-0.05, 0) is 55.6 Å². The Morgan fingerprint density at radius 2 is 1.63 bits per heavy atom. The van der Waals surface area contributed by atoms with E-state index in [4.69, 9.17) is 9.72 Å². The number of rotatable bonds is 6. The van der Waals surface area contributed by atoms with Crippen LogP contribution in [0.15, 0.2) is 66.9 Å². The van der Waals surface area contributed by atoms with Crippen LogP contribution in [0.4, 0.5) is 0 Å². The SMILES string of the molecule is N#C[C@]1(c2ccccc2)CC[C@@](OCC2CC2)(c2ncc(-c3ccccc3)s2)CC1. The first kappa shape index (κ1) is 19.5. The largest absolute Gasteiger partial charge is 0.368 e. The Balaban J connectivity index is 1.43. The first-order valence-electron chi connectivity index (χ1n) is 10.9. The lowest BCUT2D eigenvalue weighted by atomic mass is 9.66. The molecular weight excluding hydrogens is 388 g/mol. The second kappa shape index (κ2) is 7.98. The second-order valence-electron chi connectivity index (χ2n) is 8.70. The fourth-order valence-electron chi connectivity index (χ4n) is 4.51. The maximum Gasteiger partial charge on any atom is 0.125 e. The molecule has 1 heterocycles. The number of nitriles is 1. The molecule has 4 heteroatoms. The topological polar surface area (TPSA) is 45.9 Å². The normalized spacial score (nSPS) is 26.2. The van der Waals surface area contributed by atoms with Crippen LogP contribution in [0.2, 0.25) is 0 Å². The molecule has 30 heavy (non-hydrogen) atoms. The van der Waals surface area contributed by atoms with Crippen LogP contribution in [0.25, 0.3) is 10.4 Å². The van der Waals surface area contributed by atoms with Gasteiger partial charge >= 0.3 is 0 Å². The van der Waals surface area contributed by atoms with Gasteiger partial charge in [0.15, 0.2) is 0 Å². The molecule has 2 aliphatic carbocycles. The van der Waals surface area contributed by atoms with Crippen molar-refractivity contribution in [3.05, 3.63) is 77.4 Å². The number of hydrogen-bond donors (Lipinski definition) is 0. The summed E-state index contributed by atoms with van der Waals surface area (Å²) in [5.41, 5.74) is 1.54. The summed E-state index contributed by atoms with van der Waals surface area (Å²) in [5, 5.41) is 11.2. The summed E-state index contributed by atoms with van der Waals surface area (Å²) in [6.45, 7) is 0.811. The van der Waals surface area contributed by atoms with E-state index in [0.29, 0.717) is 5.92 Å². The molecular formula is C26H26N2OS. The quantitative estimate of drug-likeness (QED) is 0.464. The van der Waals surface area contributed by atoms with Gasteiger partial charge in [0.2, 0.25) is 0 Å². The summed E-state index contributed by atoms with van der Waals surface area (Å²) in [6, 6.07) is 23.4. The van der Waals surface area contributed by atoms with Crippen molar-refractivity contribution in [2.24, 2.45) is 5.92 Å². The number of ether oxygens (including phenoxy) is 1. The van der Waals surface area contributed by atoms with Crippen LogP contribution in [0, 0.1) is 17.2 Å². The average molecular weight is 415 g/mol. The van der Waals surface area contributed by atoms with Crippen LogP contribution in [-0.2, 0) is 15.8 Å². The van der Waals surface area contributed by atoms with Gasteiger partial charge in [-0.2, -0.15) is 5.26 Å². The summed E-state index contributed by atoms with van der Waals surface area (Å²) in [4.78, 5) is 6.02. The van der Waals surface area contributed by atoms with E-state index in [1.54, 1.807) is 11.3 Å². The van der Waals surface area contributed by atoms with E-state index in [1.165, 1.54) is 23.3 Å². The van der Waals surface area contributed by atoms with E-state index in [1.807, 2.05) is 30.5 Å². The van der Waals surface area contributed by atoms with Crippen LogP contribution in [0.1, 0.15) is 49.1 Å². The predicted octanol–water partition coefficient (Wildman–Crippen LogP) is 6.47. The van der Waals surface area contributed by atoms with Gasteiger partial charge in [-0.3, -0.25) is 0 Å². The predicted molar refractivity (Wildman–Crippen MR) is 120 cm³/mol. The van der Waals surface area contributed by atoms with Crippen molar-refractivity contribution in [2.75, 3.05) is 6.61 Å². The summed E-state index contributed by atoms with van der Waals surface area (Å²) < 4.78 is 6.64. The highest BCUT2D eigenvalue weighted by atomic mass is 32.1. The highest BCUT2D eigenvalue weighted by molar-refractivity contribution is 7.15. The van der Waals surface area contributed by atoms with E-state index in [-0.39, 0.29) is 5.60 Å². The van der Waals surface area contributed by atoms with E-state index in [9.17, 15) is 5.26 Å². The zero-order valence-electron chi connectivity index (χ0n) is 17.1. The van der Waals surface area contributed by atoms with Crippen molar-refractivity contribution in [3.8, 4) is 16.5 Å². The molecule has 2 fully saturated rings. The number of hydrogen-bond acceptors (Lipinski definition) is 4. The average Bonchev–Trinajstić information content (AvgIpc) is 3.52. The Morgan fingerprint density at radius 1 is 0.967 bits per heavy atom. The molecule has 2 saturated carbocycles. The fourth-order valence-corrected chi connectivity index (χ4v) is 5.63. The smallest absolute Gasteiger partial charge is 0.125 e. The molecule has 2 aliphatic rings. The molecule has 152 valence electrons. The number of aromatic nitrogens is 1. The minimum atomic E-state index is -0.423. The van der Waals surface area contributed by atoms with Gasteiger partial charge in [0.25, 0.3) is 0 Å². The van der Waals surface area contributed by atoms with Crippen molar-refractivity contribution in [2.45, 2.75) is 49.5 Å². The third-order valence-electron chi connectivity index (χ3n) is 6.70. The Hall–Kier alpha value is -2.48. The highest BCUT2D eigenvalue weighted by Gasteiger charge is 2.47. The van der Waals surface area contributed by atoms with Crippen LogP contribution in [0.3, 0.4) is 0 Å². The number of nitrogens with zero attached hydrogens (tertiary/aromatic N) is 2. The van der Waals surface area contributed by atoms with Crippen molar-refractivity contribution < 1.29 is 4.74 Å². The van der Waals surface area contributed by atoms with Crippen LogP contribution in [0.5, 0.6) is 0 Å². The Bertz CT molecular complexity index is 1030. The van der Waals surface area contributed by atoms with Crippen molar-refractivity contribution in [1.82, 2.24) is 4.98 Å². The molecule has 0 saturated heterocycles. The second-order valence-corrected chi connectivity index (χ2v) is 9.73. The molecule has 5 rings (SSSR count). The van der Waals surface area contributed by atoms with Gasteiger partial charge in [0.05, 0.1) is 23.0 Å². The molecule has 0 N–H and O–H groups in total. The van der Waals surface area contributed by atoms with E-state index >= 15 is 0 Å². The third-order valence-corrected chi connectivity index (χ3v) is 7.93. The first-order chi connectivity index (χ1) is 14.7. The minimum absolute atomic E-state index is 0.366. The summed E-state index contributed by atoms with van der Waals surface area (Å²) in [5.74, 6) is 0.701. The lowest BCUT2D eigenvalue weighted by molar-refractivity contribution is -0.0881. The van der Waals surface area contributed by atoms with Gasteiger partial charge < -0.3 is 4.74 Å². The monoisotopic (exact) mass is 414 g/mol. The van der Waals surface area contributed by atoms with Crippen molar-refractivity contribution >= 4 is 11.3 Å². The van der Waals surface area contributed by atoms with Crippen LogP contribution < -0.4 is 0 Å². The van der Waals surface area contributed by atoms with E-state index < -0.39 is 5.41 Å². The fraction of sp³-hybridized carbons (Fsp3) is 0.385. The van der Waals surface area contributed by atoms with E-state index in [0.717, 1.165) is 42.9 Å². The number of thiazole rings is 1. The minimum Gasteiger partial charge on any atom is -0.368 e. The zero-order valence-corrected chi connectivity index (χ0v) is 17.9. The van der Waals surface area contributed by atoms with Crippen LogP contribution >= 0.6 is 11.3 Å². The van der Waals surface area contributed by atoms with Gasteiger partial charge in [0.1, 0.15) is 10.6 Å². The summed E-state index contributed by atoms with van der Waals surface area (Å²) in [6.07, 6.45) is 7.82. The van der Waals surface area contributed by atoms with Gasteiger partial charge in [-0.1, -0.05) is 60.7 Å². The third kappa shape index (κ3) is 3.69. The molecule has 0 unspecified atom stereocenters. The lowest BCUT2D eigenvalue weighted by Gasteiger charge is -2.42. The van der Waals surface area contributed by atoms with E-state index in [2.05, 4.69) is 42.5 Å². The molecule has 2 aromatic carbocycles. The summed E-state index contributed by atoms with van der Waals surface area (Å²) >= 11 is 1.75. The zero-order chi connectivity index (χ0) is 20.4. The number of benzene rings is 2. The van der Waals surface area contributed by atoms with Gasteiger partial charge in [-0.15, -0.1) is 11.3 Å². The first-order valence-corrected chi connectivity index (χ1v) is 11.7. The maximum absolute atomic E-state index is 10.1. The maximum atomic E-state index is 10.1. The molecule has 0 radical (unpaired) electrons.